The molecular weight excluding hydrogens is 218 g/mol. The van der Waals surface area contributed by atoms with E-state index in [9.17, 15) is 4.79 Å². The van der Waals surface area contributed by atoms with Gasteiger partial charge in [0.2, 0.25) is 0 Å². The third-order valence-electron chi connectivity index (χ3n) is 2.37. The molecule has 0 radical (unpaired) electrons. The van der Waals surface area contributed by atoms with Gasteiger partial charge in [0.1, 0.15) is 11.6 Å². The van der Waals surface area contributed by atoms with Gasteiger partial charge in [0.15, 0.2) is 5.69 Å². The van der Waals surface area contributed by atoms with E-state index in [4.69, 9.17) is 16.9 Å². The fourth-order valence-corrected chi connectivity index (χ4v) is 1.55. The van der Waals surface area contributed by atoms with Crippen molar-refractivity contribution in [3.63, 3.8) is 0 Å². The minimum absolute atomic E-state index is 0.185. The van der Waals surface area contributed by atoms with Crippen LogP contribution in [0.5, 0.6) is 0 Å². The standard InChI is InChI=1S/C12H17N3O2/c1-4-6-7-8-15-9(3)14-10(11(15)13)12(16)17-5-2/h1H,5-8,13H2,2-3H3. The first-order valence-electron chi connectivity index (χ1n) is 5.55. The molecule has 0 spiro atoms. The average molecular weight is 235 g/mol. The molecular formula is C12H17N3O2. The van der Waals surface area contributed by atoms with Gasteiger partial charge in [-0.25, -0.2) is 9.78 Å². The Labute approximate surface area is 101 Å². The van der Waals surface area contributed by atoms with Crippen molar-refractivity contribution in [2.45, 2.75) is 33.2 Å². The van der Waals surface area contributed by atoms with Gasteiger partial charge in [0.05, 0.1) is 6.61 Å². The summed E-state index contributed by atoms with van der Waals surface area (Å²) in [6.07, 6.45) is 6.66. The number of hydrogen-bond acceptors (Lipinski definition) is 4. The van der Waals surface area contributed by atoms with Crippen molar-refractivity contribution in [1.82, 2.24) is 9.55 Å². The van der Waals surface area contributed by atoms with Crippen LogP contribution in [0.25, 0.3) is 0 Å². The fourth-order valence-electron chi connectivity index (χ4n) is 1.55. The second-order valence-corrected chi connectivity index (χ2v) is 3.57. The maximum Gasteiger partial charge on any atom is 0.360 e. The molecule has 5 heteroatoms. The van der Waals surface area contributed by atoms with Crippen molar-refractivity contribution >= 4 is 11.8 Å². The summed E-state index contributed by atoms with van der Waals surface area (Å²) in [4.78, 5) is 15.7. The van der Waals surface area contributed by atoms with Crippen LogP contribution in [-0.2, 0) is 11.3 Å². The number of nitrogen functional groups attached to an aromatic ring is 1. The minimum atomic E-state index is -0.483. The number of rotatable bonds is 5. The Bertz CT molecular complexity index is 443. The number of hydrogen-bond donors (Lipinski definition) is 1. The number of unbranched alkanes of at least 4 members (excludes halogenated alkanes) is 1. The molecule has 1 rings (SSSR count). The van der Waals surface area contributed by atoms with Gasteiger partial charge in [0.25, 0.3) is 0 Å². The van der Waals surface area contributed by atoms with Crippen LogP contribution in [0.2, 0.25) is 0 Å². The maximum absolute atomic E-state index is 11.6. The second-order valence-electron chi connectivity index (χ2n) is 3.57. The summed E-state index contributed by atoms with van der Waals surface area (Å²) >= 11 is 0. The molecule has 1 aromatic rings. The van der Waals surface area contributed by atoms with E-state index in [1.807, 2.05) is 0 Å². The Balaban J connectivity index is 2.86. The SMILES string of the molecule is C#CCCCn1c(C)nc(C(=O)OCC)c1N. The molecule has 2 N–H and O–H groups in total. The Morgan fingerprint density at radius 3 is 2.94 bits per heavy atom. The first-order valence-corrected chi connectivity index (χ1v) is 5.55. The smallest absolute Gasteiger partial charge is 0.360 e. The number of ether oxygens (including phenoxy) is 1. The van der Waals surface area contributed by atoms with Crippen LogP contribution in [0, 0.1) is 19.3 Å². The molecule has 1 aromatic heterocycles. The van der Waals surface area contributed by atoms with Gasteiger partial charge >= 0.3 is 5.97 Å². The van der Waals surface area contributed by atoms with Crippen LogP contribution in [0.4, 0.5) is 5.82 Å². The molecule has 17 heavy (non-hydrogen) atoms. The van der Waals surface area contributed by atoms with E-state index in [1.54, 1.807) is 18.4 Å². The quantitative estimate of drug-likeness (QED) is 0.475. The second kappa shape index (κ2) is 5.94. The van der Waals surface area contributed by atoms with Crippen molar-refractivity contribution in [3.8, 4) is 12.3 Å². The zero-order valence-corrected chi connectivity index (χ0v) is 10.2. The lowest BCUT2D eigenvalue weighted by Crippen LogP contribution is -2.10. The summed E-state index contributed by atoms with van der Waals surface area (Å²) < 4.78 is 6.66. The third-order valence-corrected chi connectivity index (χ3v) is 2.37. The number of nitrogens with zero attached hydrogens (tertiary/aromatic N) is 2. The Kier molecular flexibility index (Phi) is 4.58. The van der Waals surface area contributed by atoms with Crippen molar-refractivity contribution in [2.24, 2.45) is 0 Å². The van der Waals surface area contributed by atoms with Gasteiger partial charge in [-0.2, -0.15) is 0 Å². The number of carbonyl (C=O) groups is 1. The van der Waals surface area contributed by atoms with E-state index in [2.05, 4.69) is 10.9 Å². The lowest BCUT2D eigenvalue weighted by atomic mass is 10.3. The zero-order valence-electron chi connectivity index (χ0n) is 10.2. The number of aromatic nitrogens is 2. The fraction of sp³-hybridized carbons (Fsp3) is 0.500. The minimum Gasteiger partial charge on any atom is -0.461 e. The largest absolute Gasteiger partial charge is 0.461 e. The zero-order chi connectivity index (χ0) is 12.8. The summed E-state index contributed by atoms with van der Waals surface area (Å²) in [5.41, 5.74) is 6.05. The molecule has 0 atom stereocenters. The molecule has 0 aliphatic heterocycles. The lowest BCUT2D eigenvalue weighted by Gasteiger charge is -2.06. The van der Waals surface area contributed by atoms with Crippen LogP contribution < -0.4 is 5.73 Å². The number of carbonyl (C=O) groups excluding carboxylic acids is 1. The van der Waals surface area contributed by atoms with Gasteiger partial charge in [0, 0.05) is 13.0 Å². The van der Waals surface area contributed by atoms with E-state index < -0.39 is 5.97 Å². The summed E-state index contributed by atoms with van der Waals surface area (Å²) in [6, 6.07) is 0. The lowest BCUT2D eigenvalue weighted by molar-refractivity contribution is 0.0521. The molecule has 92 valence electrons. The monoisotopic (exact) mass is 235 g/mol. The summed E-state index contributed by atoms with van der Waals surface area (Å²) in [6.45, 7) is 4.51. The molecule has 0 aliphatic carbocycles. The van der Waals surface area contributed by atoms with Crippen molar-refractivity contribution in [1.29, 1.82) is 0 Å². The summed E-state index contributed by atoms with van der Waals surface area (Å²) in [7, 11) is 0. The molecule has 0 bridgehead atoms. The number of aryl methyl sites for hydroxylation is 1. The summed E-state index contributed by atoms with van der Waals surface area (Å²) in [5, 5.41) is 0. The molecule has 1 heterocycles. The topological polar surface area (TPSA) is 70.1 Å². The number of anilines is 1. The van der Waals surface area contributed by atoms with Crippen LogP contribution in [-0.4, -0.2) is 22.1 Å². The first kappa shape index (κ1) is 13.1. The van der Waals surface area contributed by atoms with E-state index in [0.717, 1.165) is 6.42 Å². The predicted molar refractivity (Wildman–Crippen MR) is 65.4 cm³/mol. The highest BCUT2D eigenvalue weighted by Crippen LogP contribution is 2.16. The highest BCUT2D eigenvalue weighted by Gasteiger charge is 2.19. The van der Waals surface area contributed by atoms with Crippen LogP contribution >= 0.6 is 0 Å². The molecule has 0 unspecified atom stereocenters. The Morgan fingerprint density at radius 2 is 2.35 bits per heavy atom. The molecule has 0 saturated heterocycles. The molecule has 0 saturated carbocycles. The van der Waals surface area contributed by atoms with Gasteiger partial charge in [-0.3, -0.25) is 0 Å². The van der Waals surface area contributed by atoms with E-state index >= 15 is 0 Å². The highest BCUT2D eigenvalue weighted by atomic mass is 16.5. The van der Waals surface area contributed by atoms with Crippen LogP contribution in [0.15, 0.2) is 0 Å². The third kappa shape index (κ3) is 3.00. The van der Waals surface area contributed by atoms with E-state index in [-0.39, 0.29) is 5.69 Å². The van der Waals surface area contributed by atoms with E-state index in [0.29, 0.717) is 31.2 Å². The summed E-state index contributed by atoms with van der Waals surface area (Å²) in [5.74, 6) is 3.12. The number of terminal acetylenes is 1. The molecule has 0 aliphatic rings. The van der Waals surface area contributed by atoms with Gasteiger partial charge in [-0.05, 0) is 20.3 Å². The van der Waals surface area contributed by atoms with Crippen molar-refractivity contribution in [2.75, 3.05) is 12.3 Å². The molecule has 0 aromatic carbocycles. The molecule has 0 fully saturated rings. The van der Waals surface area contributed by atoms with E-state index in [1.165, 1.54) is 0 Å². The van der Waals surface area contributed by atoms with Gasteiger partial charge in [-0.15, -0.1) is 12.3 Å². The highest BCUT2D eigenvalue weighted by molar-refractivity contribution is 5.92. The number of nitrogens with two attached hydrogens (primary N) is 1. The molecule has 0 amide bonds. The van der Waals surface area contributed by atoms with Crippen molar-refractivity contribution in [3.05, 3.63) is 11.5 Å². The average Bonchev–Trinajstić information content (AvgIpc) is 2.57. The van der Waals surface area contributed by atoms with Crippen LogP contribution in [0.3, 0.4) is 0 Å². The van der Waals surface area contributed by atoms with Crippen molar-refractivity contribution < 1.29 is 9.53 Å². The number of esters is 1. The first-order chi connectivity index (χ1) is 8.11. The maximum atomic E-state index is 11.6. The van der Waals surface area contributed by atoms with Crippen LogP contribution in [0.1, 0.15) is 36.1 Å². The van der Waals surface area contributed by atoms with Gasteiger partial charge in [-0.1, -0.05) is 0 Å². The molecule has 5 nitrogen and oxygen atoms in total. The normalized spacial score (nSPS) is 9.94. The Hall–Kier alpha value is -1.96. The van der Waals surface area contributed by atoms with Gasteiger partial charge < -0.3 is 15.0 Å². The Morgan fingerprint density at radius 1 is 1.65 bits per heavy atom. The predicted octanol–water partition coefficient (Wildman–Crippen LogP) is 1.36. The number of imidazole rings is 1.